The van der Waals surface area contributed by atoms with Gasteiger partial charge in [-0.2, -0.15) is 0 Å². The van der Waals surface area contributed by atoms with Crippen molar-refractivity contribution in [3.05, 3.63) is 32.6 Å². The molecule has 0 unspecified atom stereocenters. The molecular formula is C19H31N3O3. The van der Waals surface area contributed by atoms with Crippen LogP contribution in [0.1, 0.15) is 51.1 Å². The van der Waals surface area contributed by atoms with E-state index in [0.29, 0.717) is 18.7 Å². The number of aromatic nitrogens is 2. The van der Waals surface area contributed by atoms with Crippen LogP contribution in [0.2, 0.25) is 0 Å². The van der Waals surface area contributed by atoms with Gasteiger partial charge in [-0.05, 0) is 33.2 Å². The SMILES string of the molecule is CCO[C@@H]1C[C@@H](N(C)Cc2cc(=O)n(C)c(=O)n2C)C12CCCCC2. The van der Waals surface area contributed by atoms with E-state index < -0.39 is 0 Å². The Morgan fingerprint density at radius 1 is 1.20 bits per heavy atom. The smallest absolute Gasteiger partial charge is 0.330 e. The lowest BCUT2D eigenvalue weighted by atomic mass is 9.54. The van der Waals surface area contributed by atoms with Gasteiger partial charge in [-0.15, -0.1) is 0 Å². The molecule has 25 heavy (non-hydrogen) atoms. The maximum Gasteiger partial charge on any atom is 0.330 e. The van der Waals surface area contributed by atoms with E-state index >= 15 is 0 Å². The zero-order valence-corrected chi connectivity index (χ0v) is 16.0. The quantitative estimate of drug-likeness (QED) is 0.811. The zero-order valence-electron chi connectivity index (χ0n) is 16.0. The Kier molecular flexibility index (Phi) is 5.21. The maximum absolute atomic E-state index is 12.2. The van der Waals surface area contributed by atoms with Crippen molar-refractivity contribution in [1.82, 2.24) is 14.0 Å². The van der Waals surface area contributed by atoms with Crippen molar-refractivity contribution in [3.63, 3.8) is 0 Å². The molecule has 0 aliphatic heterocycles. The molecule has 0 radical (unpaired) electrons. The lowest BCUT2D eigenvalue weighted by Gasteiger charge is -2.60. The second-order valence-electron chi connectivity index (χ2n) is 7.78. The second-order valence-corrected chi connectivity index (χ2v) is 7.78. The average Bonchev–Trinajstić information content (AvgIpc) is 2.61. The fraction of sp³-hybridized carbons (Fsp3) is 0.789. The molecule has 2 atom stereocenters. The maximum atomic E-state index is 12.2. The molecule has 2 aliphatic carbocycles. The summed E-state index contributed by atoms with van der Waals surface area (Å²) in [5, 5.41) is 0. The molecule has 3 rings (SSSR count). The summed E-state index contributed by atoms with van der Waals surface area (Å²) in [5.74, 6) is 0. The van der Waals surface area contributed by atoms with Gasteiger partial charge in [0.25, 0.3) is 5.56 Å². The normalized spacial score (nSPS) is 25.3. The van der Waals surface area contributed by atoms with E-state index in [1.54, 1.807) is 17.7 Å². The molecule has 2 fully saturated rings. The minimum absolute atomic E-state index is 0.236. The van der Waals surface area contributed by atoms with E-state index in [4.69, 9.17) is 4.74 Å². The summed E-state index contributed by atoms with van der Waals surface area (Å²) in [4.78, 5) is 26.5. The molecule has 2 saturated carbocycles. The van der Waals surface area contributed by atoms with E-state index in [-0.39, 0.29) is 16.7 Å². The fourth-order valence-electron chi connectivity index (χ4n) is 4.94. The summed E-state index contributed by atoms with van der Waals surface area (Å²) in [5.41, 5.74) is 0.534. The first-order valence-electron chi connectivity index (χ1n) is 9.48. The van der Waals surface area contributed by atoms with Gasteiger partial charge in [0, 0.05) is 50.5 Å². The Hall–Kier alpha value is -1.40. The first-order valence-corrected chi connectivity index (χ1v) is 9.48. The van der Waals surface area contributed by atoms with Crippen molar-refractivity contribution in [3.8, 4) is 0 Å². The van der Waals surface area contributed by atoms with E-state index in [0.717, 1.165) is 23.3 Å². The second kappa shape index (κ2) is 7.08. The highest BCUT2D eigenvalue weighted by molar-refractivity contribution is 5.11. The van der Waals surface area contributed by atoms with Gasteiger partial charge < -0.3 is 4.74 Å². The molecule has 1 aromatic rings. The van der Waals surface area contributed by atoms with E-state index in [2.05, 4.69) is 18.9 Å². The van der Waals surface area contributed by atoms with E-state index in [1.807, 2.05) is 0 Å². The molecule has 0 bridgehead atoms. The lowest BCUT2D eigenvalue weighted by Crippen LogP contribution is -2.64. The van der Waals surface area contributed by atoms with Crippen LogP contribution < -0.4 is 11.2 Å². The molecule has 140 valence electrons. The number of rotatable bonds is 5. The van der Waals surface area contributed by atoms with Crippen LogP contribution in [0.25, 0.3) is 0 Å². The Morgan fingerprint density at radius 2 is 1.88 bits per heavy atom. The van der Waals surface area contributed by atoms with Crippen LogP contribution >= 0.6 is 0 Å². The molecule has 6 nitrogen and oxygen atoms in total. The van der Waals surface area contributed by atoms with Gasteiger partial charge in [-0.3, -0.25) is 18.8 Å². The van der Waals surface area contributed by atoms with Gasteiger partial charge in [0.2, 0.25) is 0 Å². The van der Waals surface area contributed by atoms with Crippen LogP contribution in [0.5, 0.6) is 0 Å². The largest absolute Gasteiger partial charge is 0.378 e. The molecule has 0 aromatic carbocycles. The molecule has 0 N–H and O–H groups in total. The van der Waals surface area contributed by atoms with Crippen LogP contribution in [-0.2, 0) is 25.4 Å². The first-order chi connectivity index (χ1) is 11.9. The van der Waals surface area contributed by atoms with Crippen LogP contribution in [-0.4, -0.2) is 39.8 Å². The molecule has 1 heterocycles. The molecule has 1 aromatic heterocycles. The Morgan fingerprint density at radius 3 is 2.52 bits per heavy atom. The van der Waals surface area contributed by atoms with Crippen LogP contribution in [0.15, 0.2) is 15.7 Å². The highest BCUT2D eigenvalue weighted by Gasteiger charge is 2.56. The summed E-state index contributed by atoms with van der Waals surface area (Å²) in [6.45, 7) is 3.46. The van der Waals surface area contributed by atoms with Crippen LogP contribution in [0.3, 0.4) is 0 Å². The highest BCUT2D eigenvalue weighted by Crippen LogP contribution is 2.55. The fourth-order valence-corrected chi connectivity index (χ4v) is 4.94. The van der Waals surface area contributed by atoms with Crippen molar-refractivity contribution in [2.75, 3.05) is 13.7 Å². The predicted molar refractivity (Wildman–Crippen MR) is 97.7 cm³/mol. The summed E-state index contributed by atoms with van der Waals surface area (Å²) in [6.07, 6.45) is 7.72. The van der Waals surface area contributed by atoms with Gasteiger partial charge in [0.05, 0.1) is 6.10 Å². The Labute approximate surface area is 149 Å². The zero-order chi connectivity index (χ0) is 18.2. The van der Waals surface area contributed by atoms with Crippen molar-refractivity contribution in [1.29, 1.82) is 0 Å². The van der Waals surface area contributed by atoms with E-state index in [9.17, 15) is 9.59 Å². The predicted octanol–water partition coefficient (Wildman–Crippen LogP) is 1.64. The molecule has 2 aliphatic rings. The number of hydrogen-bond acceptors (Lipinski definition) is 4. The van der Waals surface area contributed by atoms with E-state index in [1.165, 1.54) is 39.2 Å². The van der Waals surface area contributed by atoms with Gasteiger partial charge in [0.1, 0.15) is 0 Å². The number of ether oxygens (including phenoxy) is 1. The Bertz CT molecular complexity index is 730. The molecule has 0 amide bonds. The summed E-state index contributed by atoms with van der Waals surface area (Å²) in [7, 11) is 5.38. The van der Waals surface area contributed by atoms with Crippen LogP contribution in [0.4, 0.5) is 0 Å². The van der Waals surface area contributed by atoms with Crippen molar-refractivity contribution < 1.29 is 4.74 Å². The third-order valence-corrected chi connectivity index (χ3v) is 6.46. The average molecular weight is 349 g/mol. The summed E-state index contributed by atoms with van der Waals surface area (Å²) in [6, 6.07) is 2.05. The summed E-state index contributed by atoms with van der Waals surface area (Å²) >= 11 is 0. The third kappa shape index (κ3) is 3.10. The van der Waals surface area contributed by atoms with Crippen molar-refractivity contribution >= 4 is 0 Å². The Balaban J connectivity index is 1.81. The first kappa shape index (κ1) is 18.4. The number of hydrogen-bond donors (Lipinski definition) is 0. The van der Waals surface area contributed by atoms with Crippen LogP contribution in [0, 0.1) is 5.41 Å². The molecule has 6 heteroatoms. The van der Waals surface area contributed by atoms with Gasteiger partial charge in [0.15, 0.2) is 0 Å². The standard InChI is InChI=1S/C19H31N3O3/c1-5-25-16-12-15(19(16)9-7-6-8-10-19)20(2)13-14-11-17(23)22(4)18(24)21(14)3/h11,15-16H,5-10,12-13H2,1-4H3/t15-,16-/m1/s1. The van der Waals surface area contributed by atoms with Gasteiger partial charge >= 0.3 is 5.69 Å². The van der Waals surface area contributed by atoms with Crippen molar-refractivity contribution in [2.24, 2.45) is 19.5 Å². The minimum Gasteiger partial charge on any atom is -0.378 e. The third-order valence-electron chi connectivity index (χ3n) is 6.46. The van der Waals surface area contributed by atoms with Crippen molar-refractivity contribution in [2.45, 2.75) is 64.1 Å². The molecule has 1 spiro atoms. The van der Waals surface area contributed by atoms with Gasteiger partial charge in [-0.1, -0.05) is 19.3 Å². The monoisotopic (exact) mass is 349 g/mol. The lowest BCUT2D eigenvalue weighted by molar-refractivity contribution is -0.180. The minimum atomic E-state index is -0.260. The topological polar surface area (TPSA) is 56.5 Å². The highest BCUT2D eigenvalue weighted by atomic mass is 16.5. The molecular weight excluding hydrogens is 318 g/mol. The molecule has 0 saturated heterocycles. The summed E-state index contributed by atoms with van der Waals surface area (Å²) < 4.78 is 8.79. The number of nitrogens with zero attached hydrogens (tertiary/aromatic N) is 3. The van der Waals surface area contributed by atoms with Gasteiger partial charge in [-0.25, -0.2) is 4.79 Å².